The molecule has 1 N–H and O–H groups in total. The molecule has 1 saturated heterocycles. The molecule has 2 rings (SSSR count). The molecule has 0 aromatic rings. The maximum atomic E-state index is 3.81. The van der Waals surface area contributed by atoms with Crippen LogP contribution in [0.25, 0.3) is 0 Å². The first-order chi connectivity index (χ1) is 7.48. The number of rotatable bonds is 1. The lowest BCUT2D eigenvalue weighted by atomic mass is 9.81. The Morgan fingerprint density at radius 1 is 1.25 bits per heavy atom. The molecule has 0 amide bonds. The third-order valence-corrected chi connectivity index (χ3v) is 4.71. The molecular formula is C14H28N2. The Labute approximate surface area is 101 Å². The molecule has 0 aromatic carbocycles. The summed E-state index contributed by atoms with van der Waals surface area (Å²) < 4.78 is 0. The molecule has 1 aliphatic carbocycles. The molecular weight excluding hydrogens is 196 g/mol. The zero-order chi connectivity index (χ0) is 11.8. The molecule has 1 unspecified atom stereocenters. The van der Waals surface area contributed by atoms with Crippen molar-refractivity contribution in [1.29, 1.82) is 0 Å². The summed E-state index contributed by atoms with van der Waals surface area (Å²) in [6.45, 7) is 13.0. The van der Waals surface area contributed by atoms with Gasteiger partial charge >= 0.3 is 0 Å². The van der Waals surface area contributed by atoms with Crippen LogP contribution < -0.4 is 5.32 Å². The van der Waals surface area contributed by atoms with E-state index in [9.17, 15) is 0 Å². The van der Waals surface area contributed by atoms with Crippen molar-refractivity contribution in [2.45, 2.75) is 65.0 Å². The summed E-state index contributed by atoms with van der Waals surface area (Å²) in [5, 5.41) is 3.81. The molecule has 2 nitrogen and oxygen atoms in total. The number of hydrogen-bond acceptors (Lipinski definition) is 2. The first kappa shape index (κ1) is 12.4. The van der Waals surface area contributed by atoms with Gasteiger partial charge < -0.3 is 5.32 Å². The summed E-state index contributed by atoms with van der Waals surface area (Å²) in [6.07, 6.45) is 5.67. The van der Waals surface area contributed by atoms with E-state index in [1.54, 1.807) is 0 Å². The van der Waals surface area contributed by atoms with Gasteiger partial charge in [0, 0.05) is 24.7 Å². The van der Waals surface area contributed by atoms with Crippen molar-refractivity contribution in [2.75, 3.05) is 19.6 Å². The maximum absolute atomic E-state index is 3.81. The highest BCUT2D eigenvalue weighted by atomic mass is 15.3. The van der Waals surface area contributed by atoms with E-state index >= 15 is 0 Å². The molecule has 1 aliphatic heterocycles. The van der Waals surface area contributed by atoms with Gasteiger partial charge in [0.25, 0.3) is 0 Å². The van der Waals surface area contributed by atoms with Crippen molar-refractivity contribution < 1.29 is 0 Å². The molecule has 1 spiro atoms. The van der Waals surface area contributed by atoms with Gasteiger partial charge in [-0.3, -0.25) is 4.90 Å². The SMILES string of the molecule is CCN1CC(C(C)(C)C)NCC12CCCC2. The Hall–Kier alpha value is -0.0800. The topological polar surface area (TPSA) is 15.3 Å². The fraction of sp³-hybridized carbons (Fsp3) is 1.00. The van der Waals surface area contributed by atoms with Crippen LogP contribution in [-0.4, -0.2) is 36.1 Å². The lowest BCUT2D eigenvalue weighted by Gasteiger charge is -2.51. The highest BCUT2D eigenvalue weighted by molar-refractivity contribution is 5.03. The van der Waals surface area contributed by atoms with Crippen LogP contribution in [0.4, 0.5) is 0 Å². The van der Waals surface area contributed by atoms with E-state index in [2.05, 4.69) is 37.9 Å². The fourth-order valence-corrected chi connectivity index (χ4v) is 3.47. The number of likely N-dealkylation sites (N-methyl/N-ethyl adjacent to an activating group) is 1. The van der Waals surface area contributed by atoms with Gasteiger partial charge in [-0.2, -0.15) is 0 Å². The van der Waals surface area contributed by atoms with E-state index in [0.717, 1.165) is 0 Å². The van der Waals surface area contributed by atoms with Gasteiger partial charge in [0.2, 0.25) is 0 Å². The second-order valence-electron chi connectivity index (χ2n) is 6.77. The summed E-state index contributed by atoms with van der Waals surface area (Å²) >= 11 is 0. The van der Waals surface area contributed by atoms with Gasteiger partial charge in [0.15, 0.2) is 0 Å². The minimum Gasteiger partial charge on any atom is -0.310 e. The molecule has 2 aliphatic rings. The predicted molar refractivity (Wildman–Crippen MR) is 69.7 cm³/mol. The average Bonchev–Trinajstić information content (AvgIpc) is 2.66. The minimum atomic E-state index is 0.383. The maximum Gasteiger partial charge on any atom is 0.0334 e. The second-order valence-corrected chi connectivity index (χ2v) is 6.77. The summed E-state index contributed by atoms with van der Waals surface area (Å²) in [7, 11) is 0. The van der Waals surface area contributed by atoms with Gasteiger partial charge in [0.1, 0.15) is 0 Å². The summed E-state index contributed by atoms with van der Waals surface area (Å²) in [4.78, 5) is 2.76. The standard InChI is InChI=1S/C14H28N2/c1-5-16-10-12(13(2,3)4)15-11-14(16)8-6-7-9-14/h12,15H,5-11H2,1-4H3. The lowest BCUT2D eigenvalue weighted by molar-refractivity contribution is 0.0214. The molecule has 1 saturated carbocycles. The molecule has 0 radical (unpaired) electrons. The van der Waals surface area contributed by atoms with E-state index < -0.39 is 0 Å². The van der Waals surface area contributed by atoms with Gasteiger partial charge in [-0.25, -0.2) is 0 Å². The molecule has 2 fully saturated rings. The smallest absolute Gasteiger partial charge is 0.0334 e. The average molecular weight is 224 g/mol. The van der Waals surface area contributed by atoms with Gasteiger partial charge in [0.05, 0.1) is 0 Å². The Balaban J connectivity index is 2.07. The van der Waals surface area contributed by atoms with E-state index in [1.807, 2.05) is 0 Å². The Morgan fingerprint density at radius 2 is 1.88 bits per heavy atom. The largest absolute Gasteiger partial charge is 0.310 e. The van der Waals surface area contributed by atoms with Crippen LogP contribution in [0.2, 0.25) is 0 Å². The summed E-state index contributed by atoms with van der Waals surface area (Å²) in [6, 6.07) is 0.652. The predicted octanol–water partition coefficient (Wildman–Crippen LogP) is 2.64. The third-order valence-electron chi connectivity index (χ3n) is 4.71. The van der Waals surface area contributed by atoms with E-state index in [1.165, 1.54) is 45.3 Å². The highest BCUT2D eigenvalue weighted by Crippen LogP contribution is 2.38. The molecule has 2 heteroatoms. The molecule has 94 valence electrons. The third kappa shape index (κ3) is 2.14. The first-order valence-corrected chi connectivity index (χ1v) is 6.96. The summed E-state index contributed by atoms with van der Waals surface area (Å²) in [5.41, 5.74) is 0.893. The van der Waals surface area contributed by atoms with Crippen molar-refractivity contribution in [3.63, 3.8) is 0 Å². The van der Waals surface area contributed by atoms with Crippen LogP contribution in [0, 0.1) is 5.41 Å². The van der Waals surface area contributed by atoms with Crippen LogP contribution in [0.3, 0.4) is 0 Å². The van der Waals surface area contributed by atoms with Gasteiger partial charge in [-0.05, 0) is 24.8 Å². The van der Waals surface area contributed by atoms with Gasteiger partial charge in [-0.1, -0.05) is 40.5 Å². The highest BCUT2D eigenvalue weighted by Gasteiger charge is 2.44. The Bertz CT molecular complexity index is 236. The Kier molecular flexibility index (Phi) is 3.33. The molecule has 0 aromatic heterocycles. The fourth-order valence-electron chi connectivity index (χ4n) is 3.47. The van der Waals surface area contributed by atoms with Crippen LogP contribution in [0.1, 0.15) is 53.4 Å². The molecule has 1 heterocycles. The number of nitrogens with zero attached hydrogens (tertiary/aromatic N) is 1. The monoisotopic (exact) mass is 224 g/mol. The van der Waals surface area contributed by atoms with Crippen LogP contribution in [0.15, 0.2) is 0 Å². The van der Waals surface area contributed by atoms with E-state index in [4.69, 9.17) is 0 Å². The zero-order valence-electron chi connectivity index (χ0n) is 11.5. The van der Waals surface area contributed by atoms with Crippen LogP contribution in [0.5, 0.6) is 0 Å². The van der Waals surface area contributed by atoms with E-state index in [-0.39, 0.29) is 0 Å². The van der Waals surface area contributed by atoms with Crippen LogP contribution in [-0.2, 0) is 0 Å². The molecule has 16 heavy (non-hydrogen) atoms. The van der Waals surface area contributed by atoms with Crippen molar-refractivity contribution in [3.05, 3.63) is 0 Å². The normalized spacial score (nSPS) is 31.1. The van der Waals surface area contributed by atoms with Crippen molar-refractivity contribution >= 4 is 0 Å². The summed E-state index contributed by atoms with van der Waals surface area (Å²) in [5.74, 6) is 0. The van der Waals surface area contributed by atoms with Crippen molar-refractivity contribution in [2.24, 2.45) is 5.41 Å². The van der Waals surface area contributed by atoms with E-state index in [0.29, 0.717) is 17.0 Å². The zero-order valence-corrected chi connectivity index (χ0v) is 11.5. The van der Waals surface area contributed by atoms with Gasteiger partial charge in [-0.15, -0.1) is 0 Å². The number of hydrogen-bond donors (Lipinski definition) is 1. The van der Waals surface area contributed by atoms with Crippen LogP contribution >= 0.6 is 0 Å². The Morgan fingerprint density at radius 3 is 2.38 bits per heavy atom. The minimum absolute atomic E-state index is 0.383. The van der Waals surface area contributed by atoms with Crippen molar-refractivity contribution in [1.82, 2.24) is 10.2 Å². The second kappa shape index (κ2) is 4.30. The first-order valence-electron chi connectivity index (χ1n) is 6.96. The van der Waals surface area contributed by atoms with Crippen molar-refractivity contribution in [3.8, 4) is 0 Å². The molecule has 1 atom stereocenters. The number of piperazine rings is 1. The molecule has 0 bridgehead atoms. The quantitative estimate of drug-likeness (QED) is 0.736. The lowest BCUT2D eigenvalue weighted by Crippen LogP contribution is -2.65. The number of nitrogens with one attached hydrogen (secondary N) is 1.